The molecule has 1 atom stereocenters. The van der Waals surface area contributed by atoms with Gasteiger partial charge in [0.15, 0.2) is 0 Å². The van der Waals surface area contributed by atoms with E-state index in [9.17, 15) is 18.8 Å². The van der Waals surface area contributed by atoms with Gasteiger partial charge in [-0.1, -0.05) is 6.07 Å². The largest absolute Gasteiger partial charge is 0.340 e. The van der Waals surface area contributed by atoms with Crippen LogP contribution in [-0.2, 0) is 9.59 Å². The number of aryl methyl sites for hydroxylation is 1. The number of imide groups is 1. The molecule has 1 heterocycles. The quantitative estimate of drug-likeness (QED) is 0.771. The van der Waals surface area contributed by atoms with Gasteiger partial charge in [0, 0.05) is 6.42 Å². The summed E-state index contributed by atoms with van der Waals surface area (Å²) in [4.78, 5) is 34.3. The molecular weight excluding hydrogens is 251 g/mol. The Morgan fingerprint density at radius 2 is 2.16 bits per heavy atom. The van der Waals surface area contributed by atoms with E-state index in [1.165, 1.54) is 12.1 Å². The number of benzene rings is 1. The summed E-state index contributed by atoms with van der Waals surface area (Å²) in [6.45, 7) is 1.71. The fourth-order valence-electron chi connectivity index (χ4n) is 1.87. The molecule has 0 aromatic heterocycles. The molecule has 0 bridgehead atoms. The molecule has 5 nitrogen and oxygen atoms in total. The van der Waals surface area contributed by atoms with Crippen LogP contribution in [0.3, 0.4) is 0 Å². The first-order chi connectivity index (χ1) is 8.97. The third-order valence-electron chi connectivity index (χ3n) is 2.91. The molecule has 6 heteroatoms. The summed E-state index contributed by atoms with van der Waals surface area (Å²) in [5.41, 5.74) is 0.588. The van der Waals surface area contributed by atoms with Crippen molar-refractivity contribution in [3.63, 3.8) is 0 Å². The second-order valence-electron chi connectivity index (χ2n) is 4.46. The molecule has 1 saturated heterocycles. The van der Waals surface area contributed by atoms with Crippen molar-refractivity contribution in [2.75, 3.05) is 0 Å². The highest BCUT2D eigenvalue weighted by molar-refractivity contribution is 6.03. The van der Waals surface area contributed by atoms with Crippen molar-refractivity contribution >= 4 is 17.7 Å². The van der Waals surface area contributed by atoms with Crippen LogP contribution in [0.1, 0.15) is 28.8 Å². The zero-order chi connectivity index (χ0) is 14.0. The Kier molecular flexibility index (Phi) is 3.59. The van der Waals surface area contributed by atoms with Crippen LogP contribution in [0.25, 0.3) is 0 Å². The molecule has 100 valence electrons. The van der Waals surface area contributed by atoms with Gasteiger partial charge in [-0.2, -0.15) is 0 Å². The summed E-state index contributed by atoms with van der Waals surface area (Å²) in [7, 11) is 0. The van der Waals surface area contributed by atoms with Gasteiger partial charge in [0.1, 0.15) is 11.9 Å². The number of carbonyl (C=O) groups excluding carboxylic acids is 3. The zero-order valence-electron chi connectivity index (χ0n) is 10.3. The summed E-state index contributed by atoms with van der Waals surface area (Å²) < 4.78 is 13.6. The van der Waals surface area contributed by atoms with Gasteiger partial charge in [0.05, 0.1) is 5.56 Å². The maximum atomic E-state index is 13.6. The predicted molar refractivity (Wildman–Crippen MR) is 64.8 cm³/mol. The Hall–Kier alpha value is -2.24. The van der Waals surface area contributed by atoms with Crippen LogP contribution in [0.5, 0.6) is 0 Å². The van der Waals surface area contributed by atoms with Crippen molar-refractivity contribution in [2.24, 2.45) is 0 Å². The van der Waals surface area contributed by atoms with Crippen molar-refractivity contribution in [1.82, 2.24) is 10.6 Å². The molecule has 0 radical (unpaired) electrons. The van der Waals surface area contributed by atoms with Crippen molar-refractivity contribution in [3.8, 4) is 0 Å². The van der Waals surface area contributed by atoms with Crippen LogP contribution in [0.2, 0.25) is 0 Å². The smallest absolute Gasteiger partial charge is 0.254 e. The molecule has 1 aliphatic rings. The van der Waals surface area contributed by atoms with E-state index in [4.69, 9.17) is 0 Å². The van der Waals surface area contributed by atoms with E-state index in [0.29, 0.717) is 5.56 Å². The average molecular weight is 264 g/mol. The average Bonchev–Trinajstić information content (AvgIpc) is 2.32. The van der Waals surface area contributed by atoms with Gasteiger partial charge in [-0.3, -0.25) is 19.7 Å². The number of nitrogens with one attached hydrogen (secondary N) is 2. The maximum absolute atomic E-state index is 13.6. The normalized spacial score (nSPS) is 18.9. The van der Waals surface area contributed by atoms with Crippen molar-refractivity contribution < 1.29 is 18.8 Å². The Morgan fingerprint density at radius 3 is 2.79 bits per heavy atom. The van der Waals surface area contributed by atoms with Gasteiger partial charge in [-0.25, -0.2) is 4.39 Å². The standard InChI is InChI=1S/C13H13FN2O3/c1-7-2-3-8(9(14)6-7)12(18)15-10-4-5-11(17)16-13(10)19/h2-3,6,10H,4-5H2,1H3,(H,15,18)(H,16,17,19)/t10-/m0/s1. The second kappa shape index (κ2) is 5.17. The van der Waals surface area contributed by atoms with E-state index in [1.807, 2.05) is 0 Å². The molecule has 3 amide bonds. The minimum atomic E-state index is -0.800. The van der Waals surface area contributed by atoms with Crippen molar-refractivity contribution in [2.45, 2.75) is 25.8 Å². The van der Waals surface area contributed by atoms with Gasteiger partial charge in [0.25, 0.3) is 5.91 Å². The van der Waals surface area contributed by atoms with Crippen LogP contribution in [-0.4, -0.2) is 23.8 Å². The van der Waals surface area contributed by atoms with E-state index >= 15 is 0 Å². The fourth-order valence-corrected chi connectivity index (χ4v) is 1.87. The number of piperidine rings is 1. The first-order valence-corrected chi connectivity index (χ1v) is 5.88. The van der Waals surface area contributed by atoms with E-state index in [1.54, 1.807) is 13.0 Å². The van der Waals surface area contributed by atoms with Crippen LogP contribution >= 0.6 is 0 Å². The van der Waals surface area contributed by atoms with E-state index in [-0.39, 0.29) is 24.3 Å². The number of halogens is 1. The molecule has 1 aromatic rings. The van der Waals surface area contributed by atoms with Gasteiger partial charge in [0.2, 0.25) is 11.8 Å². The number of hydrogen-bond donors (Lipinski definition) is 2. The van der Waals surface area contributed by atoms with Gasteiger partial charge < -0.3 is 5.32 Å². The molecule has 2 rings (SSSR count). The van der Waals surface area contributed by atoms with Crippen molar-refractivity contribution in [1.29, 1.82) is 0 Å². The van der Waals surface area contributed by atoms with Crippen molar-refractivity contribution in [3.05, 3.63) is 35.1 Å². The highest BCUT2D eigenvalue weighted by atomic mass is 19.1. The zero-order valence-corrected chi connectivity index (χ0v) is 10.3. The lowest BCUT2D eigenvalue weighted by molar-refractivity contribution is -0.134. The Balaban J connectivity index is 2.09. The predicted octanol–water partition coefficient (Wildman–Crippen LogP) is 0.669. The first kappa shape index (κ1) is 13.2. The highest BCUT2D eigenvalue weighted by Crippen LogP contribution is 2.11. The van der Waals surface area contributed by atoms with E-state index in [0.717, 1.165) is 0 Å². The van der Waals surface area contributed by atoms with Crippen LogP contribution in [0.4, 0.5) is 4.39 Å². The Bertz CT molecular complexity index is 557. The lowest BCUT2D eigenvalue weighted by Gasteiger charge is -2.21. The molecule has 2 N–H and O–H groups in total. The molecule has 0 aliphatic carbocycles. The summed E-state index contributed by atoms with van der Waals surface area (Å²) in [5, 5.41) is 4.55. The third-order valence-corrected chi connectivity index (χ3v) is 2.91. The molecule has 1 fully saturated rings. The molecule has 0 spiro atoms. The van der Waals surface area contributed by atoms with E-state index < -0.39 is 23.7 Å². The van der Waals surface area contributed by atoms with Gasteiger partial charge >= 0.3 is 0 Å². The van der Waals surface area contributed by atoms with E-state index in [2.05, 4.69) is 10.6 Å². The minimum Gasteiger partial charge on any atom is -0.340 e. The fraction of sp³-hybridized carbons (Fsp3) is 0.308. The molecule has 1 aromatic carbocycles. The number of hydrogen-bond acceptors (Lipinski definition) is 3. The van der Waals surface area contributed by atoms with Crippen LogP contribution in [0.15, 0.2) is 18.2 Å². The molecule has 19 heavy (non-hydrogen) atoms. The van der Waals surface area contributed by atoms with Gasteiger partial charge in [-0.15, -0.1) is 0 Å². The molecule has 0 saturated carbocycles. The summed E-state index contributed by atoms with van der Waals surface area (Å²) >= 11 is 0. The monoisotopic (exact) mass is 264 g/mol. The first-order valence-electron chi connectivity index (χ1n) is 5.88. The number of amides is 3. The second-order valence-corrected chi connectivity index (χ2v) is 4.46. The Labute approximate surface area is 109 Å². The van der Waals surface area contributed by atoms with Crippen LogP contribution in [0, 0.1) is 12.7 Å². The highest BCUT2D eigenvalue weighted by Gasteiger charge is 2.28. The lowest BCUT2D eigenvalue weighted by Crippen LogP contribution is -2.52. The van der Waals surface area contributed by atoms with Gasteiger partial charge in [-0.05, 0) is 31.0 Å². The SMILES string of the molecule is Cc1ccc(C(=O)N[C@H]2CCC(=O)NC2=O)c(F)c1. The van der Waals surface area contributed by atoms with Crippen LogP contribution < -0.4 is 10.6 Å². The summed E-state index contributed by atoms with van der Waals surface area (Å²) in [6, 6.07) is 3.43. The number of carbonyl (C=O) groups is 3. The lowest BCUT2D eigenvalue weighted by atomic mass is 10.0. The molecule has 1 aliphatic heterocycles. The molecule has 0 unspecified atom stereocenters. The Morgan fingerprint density at radius 1 is 1.42 bits per heavy atom. The number of rotatable bonds is 2. The summed E-state index contributed by atoms with van der Waals surface area (Å²) in [6.07, 6.45) is 0.386. The molecular formula is C13H13FN2O3. The third kappa shape index (κ3) is 2.96. The topological polar surface area (TPSA) is 75.3 Å². The minimum absolute atomic E-state index is 0.115. The summed E-state index contributed by atoms with van der Waals surface area (Å²) in [5.74, 6) is -2.22. The maximum Gasteiger partial charge on any atom is 0.254 e.